The standard InChI is InChI=1S/C17H18F3N3O2/c1-3-22-10(2)4-5-23-16(22)8-15(21-17(23)24)25-9-11-6-13(19)14(20)7-12(11)18/h6-8,10H,3-5,9H2,1-2H3/t10-/m0/s1. The van der Waals surface area contributed by atoms with Gasteiger partial charge in [0.15, 0.2) is 11.6 Å². The summed E-state index contributed by atoms with van der Waals surface area (Å²) in [4.78, 5) is 18.1. The zero-order valence-corrected chi connectivity index (χ0v) is 13.9. The predicted molar refractivity (Wildman–Crippen MR) is 86.2 cm³/mol. The Hall–Kier alpha value is -2.51. The number of anilines is 1. The lowest BCUT2D eigenvalue weighted by Crippen LogP contribution is -2.43. The lowest BCUT2D eigenvalue weighted by Gasteiger charge is -2.36. The predicted octanol–water partition coefficient (Wildman–Crippen LogP) is 2.86. The third kappa shape index (κ3) is 3.33. The Morgan fingerprint density at radius 3 is 2.64 bits per heavy atom. The number of benzene rings is 1. The molecule has 0 spiro atoms. The van der Waals surface area contributed by atoms with E-state index in [1.165, 1.54) is 0 Å². The SMILES string of the molecule is CCN1c2cc(OCc3cc(F)c(F)cc3F)nc(=O)n2CC[C@@H]1C. The summed E-state index contributed by atoms with van der Waals surface area (Å²) in [6.07, 6.45) is 0.836. The quantitative estimate of drug-likeness (QED) is 0.793. The molecule has 134 valence electrons. The molecule has 2 heterocycles. The van der Waals surface area contributed by atoms with Gasteiger partial charge in [0.05, 0.1) is 0 Å². The van der Waals surface area contributed by atoms with Crippen LogP contribution in [0.4, 0.5) is 19.0 Å². The molecule has 0 saturated heterocycles. The summed E-state index contributed by atoms with van der Waals surface area (Å²) in [7, 11) is 0. The van der Waals surface area contributed by atoms with Gasteiger partial charge in [-0.2, -0.15) is 4.98 Å². The number of fused-ring (bicyclic) bond motifs is 1. The second-order valence-corrected chi connectivity index (χ2v) is 5.96. The first-order chi connectivity index (χ1) is 11.9. The minimum Gasteiger partial charge on any atom is -0.472 e. The van der Waals surface area contributed by atoms with Gasteiger partial charge in [-0.15, -0.1) is 0 Å². The van der Waals surface area contributed by atoms with Gasteiger partial charge in [0, 0.05) is 36.8 Å². The normalized spacial score (nSPS) is 16.7. The van der Waals surface area contributed by atoms with Crippen molar-refractivity contribution in [1.29, 1.82) is 0 Å². The van der Waals surface area contributed by atoms with Crippen molar-refractivity contribution in [2.75, 3.05) is 11.4 Å². The van der Waals surface area contributed by atoms with Crippen LogP contribution in [0.1, 0.15) is 25.8 Å². The van der Waals surface area contributed by atoms with Crippen LogP contribution in [0.3, 0.4) is 0 Å². The van der Waals surface area contributed by atoms with Gasteiger partial charge in [-0.25, -0.2) is 18.0 Å². The van der Waals surface area contributed by atoms with Crippen LogP contribution in [-0.4, -0.2) is 22.1 Å². The van der Waals surface area contributed by atoms with Crippen LogP contribution < -0.4 is 15.3 Å². The first kappa shape index (κ1) is 17.3. The van der Waals surface area contributed by atoms with Crippen molar-refractivity contribution in [1.82, 2.24) is 9.55 Å². The maximum Gasteiger partial charge on any atom is 0.352 e. The molecule has 0 bridgehead atoms. The van der Waals surface area contributed by atoms with E-state index in [4.69, 9.17) is 4.74 Å². The van der Waals surface area contributed by atoms with Gasteiger partial charge in [0.2, 0.25) is 5.88 Å². The molecular weight excluding hydrogens is 335 g/mol. The molecule has 8 heteroatoms. The van der Waals surface area contributed by atoms with E-state index in [0.29, 0.717) is 25.0 Å². The highest BCUT2D eigenvalue weighted by Crippen LogP contribution is 2.26. The van der Waals surface area contributed by atoms with E-state index >= 15 is 0 Å². The Labute approximate surface area is 142 Å². The summed E-state index contributed by atoms with van der Waals surface area (Å²) in [5.74, 6) is -2.64. The van der Waals surface area contributed by atoms with E-state index in [2.05, 4.69) is 16.8 Å². The molecule has 0 aliphatic carbocycles. The summed E-state index contributed by atoms with van der Waals surface area (Å²) >= 11 is 0. The van der Waals surface area contributed by atoms with Gasteiger partial charge in [0.25, 0.3) is 0 Å². The van der Waals surface area contributed by atoms with Crippen molar-refractivity contribution in [3.63, 3.8) is 0 Å². The van der Waals surface area contributed by atoms with Crippen LogP contribution in [0.2, 0.25) is 0 Å². The smallest absolute Gasteiger partial charge is 0.352 e. The lowest BCUT2D eigenvalue weighted by atomic mass is 10.1. The molecular formula is C17H18F3N3O2. The molecule has 0 amide bonds. The average Bonchev–Trinajstić information content (AvgIpc) is 2.56. The van der Waals surface area contributed by atoms with Crippen molar-refractivity contribution in [2.24, 2.45) is 0 Å². The third-order valence-electron chi connectivity index (χ3n) is 4.37. The van der Waals surface area contributed by atoms with Crippen molar-refractivity contribution < 1.29 is 17.9 Å². The average molecular weight is 353 g/mol. The Balaban J connectivity index is 1.87. The van der Waals surface area contributed by atoms with Gasteiger partial charge in [-0.1, -0.05) is 0 Å². The molecule has 1 aromatic carbocycles. The molecule has 2 aromatic rings. The molecule has 0 radical (unpaired) electrons. The van der Waals surface area contributed by atoms with Gasteiger partial charge in [-0.3, -0.25) is 4.57 Å². The molecule has 5 nitrogen and oxygen atoms in total. The highest BCUT2D eigenvalue weighted by molar-refractivity contribution is 5.44. The summed E-state index contributed by atoms with van der Waals surface area (Å²) < 4.78 is 46.8. The molecule has 0 fully saturated rings. The number of hydrogen-bond donors (Lipinski definition) is 0. The van der Waals surface area contributed by atoms with Crippen LogP contribution in [0.5, 0.6) is 5.88 Å². The number of ether oxygens (including phenoxy) is 1. The van der Waals surface area contributed by atoms with Crippen LogP contribution >= 0.6 is 0 Å². The van der Waals surface area contributed by atoms with E-state index in [1.54, 1.807) is 10.6 Å². The topological polar surface area (TPSA) is 47.4 Å². The number of aromatic nitrogens is 2. The largest absolute Gasteiger partial charge is 0.472 e. The zero-order valence-electron chi connectivity index (χ0n) is 13.9. The summed E-state index contributed by atoms with van der Waals surface area (Å²) in [6, 6.07) is 3.07. The molecule has 1 aliphatic rings. The van der Waals surface area contributed by atoms with Crippen molar-refractivity contribution in [2.45, 2.75) is 39.5 Å². The summed E-state index contributed by atoms with van der Waals surface area (Å²) in [6.45, 7) is 4.96. The lowest BCUT2D eigenvalue weighted by molar-refractivity contribution is 0.282. The molecule has 0 N–H and O–H groups in total. The van der Waals surface area contributed by atoms with E-state index in [-0.39, 0.29) is 24.1 Å². The molecule has 0 saturated carbocycles. The molecule has 1 atom stereocenters. The van der Waals surface area contributed by atoms with E-state index < -0.39 is 23.1 Å². The summed E-state index contributed by atoms with van der Waals surface area (Å²) in [5, 5.41) is 0. The molecule has 1 aliphatic heterocycles. The maximum absolute atomic E-state index is 13.7. The second kappa shape index (κ2) is 6.78. The van der Waals surface area contributed by atoms with Gasteiger partial charge in [-0.05, 0) is 26.3 Å². The van der Waals surface area contributed by atoms with Crippen LogP contribution in [0, 0.1) is 17.5 Å². The Bertz CT molecular complexity index is 854. The number of rotatable bonds is 4. The molecule has 0 unspecified atom stereocenters. The van der Waals surface area contributed by atoms with Gasteiger partial charge >= 0.3 is 5.69 Å². The Kier molecular flexibility index (Phi) is 4.69. The van der Waals surface area contributed by atoms with Crippen LogP contribution in [0.15, 0.2) is 23.0 Å². The Morgan fingerprint density at radius 2 is 1.92 bits per heavy atom. The third-order valence-corrected chi connectivity index (χ3v) is 4.37. The second-order valence-electron chi connectivity index (χ2n) is 5.96. The molecule has 3 rings (SSSR count). The zero-order chi connectivity index (χ0) is 18.1. The van der Waals surface area contributed by atoms with E-state index in [9.17, 15) is 18.0 Å². The minimum absolute atomic E-state index is 0.0212. The molecule has 1 aromatic heterocycles. The maximum atomic E-state index is 13.7. The number of nitrogens with zero attached hydrogens (tertiary/aromatic N) is 3. The highest BCUT2D eigenvalue weighted by atomic mass is 19.2. The highest BCUT2D eigenvalue weighted by Gasteiger charge is 2.24. The van der Waals surface area contributed by atoms with Crippen LogP contribution in [-0.2, 0) is 13.2 Å². The van der Waals surface area contributed by atoms with Crippen molar-refractivity contribution in [3.05, 3.63) is 51.7 Å². The van der Waals surface area contributed by atoms with Gasteiger partial charge < -0.3 is 9.64 Å². The summed E-state index contributed by atoms with van der Waals surface area (Å²) in [5.41, 5.74) is -0.608. The fraction of sp³-hybridized carbons (Fsp3) is 0.412. The van der Waals surface area contributed by atoms with E-state index in [1.807, 2.05) is 6.92 Å². The van der Waals surface area contributed by atoms with Gasteiger partial charge in [0.1, 0.15) is 18.2 Å². The number of hydrogen-bond acceptors (Lipinski definition) is 4. The van der Waals surface area contributed by atoms with Crippen LogP contribution in [0.25, 0.3) is 0 Å². The minimum atomic E-state index is -1.26. The fourth-order valence-electron chi connectivity index (χ4n) is 2.99. The van der Waals surface area contributed by atoms with E-state index in [0.717, 1.165) is 12.5 Å². The first-order valence-corrected chi connectivity index (χ1v) is 8.05. The fourth-order valence-corrected chi connectivity index (χ4v) is 2.99. The first-order valence-electron chi connectivity index (χ1n) is 8.05. The van der Waals surface area contributed by atoms with Crippen molar-refractivity contribution in [3.8, 4) is 5.88 Å². The monoisotopic (exact) mass is 353 g/mol. The Morgan fingerprint density at radius 1 is 1.20 bits per heavy atom. The van der Waals surface area contributed by atoms with Crippen molar-refractivity contribution >= 4 is 5.82 Å². The molecule has 25 heavy (non-hydrogen) atoms. The number of halogens is 3.